The molecule has 0 rings (SSSR count). The molecule has 0 spiro atoms. The number of hydrogen-bond donors (Lipinski definition) is 2. The van der Waals surface area contributed by atoms with Gasteiger partial charge in [0.1, 0.15) is 5.76 Å². The van der Waals surface area contributed by atoms with E-state index in [0.29, 0.717) is 6.42 Å². The van der Waals surface area contributed by atoms with Crippen molar-refractivity contribution in [3.63, 3.8) is 0 Å². The zero-order valence-electron chi connectivity index (χ0n) is 3.60. The Morgan fingerprint density at radius 3 is 2.33 bits per heavy atom. The van der Waals surface area contributed by atoms with Crippen LogP contribution in [0.1, 0.15) is 13.3 Å². The second kappa shape index (κ2) is 2.57. The molecule has 0 saturated heterocycles. The molecule has 0 heterocycles. The summed E-state index contributed by atoms with van der Waals surface area (Å²) >= 11 is 0. The van der Waals surface area contributed by atoms with Crippen LogP contribution >= 0.6 is 0 Å². The largest absolute Gasteiger partial charge is 0.508 e. The van der Waals surface area contributed by atoms with Crippen molar-refractivity contribution in [1.29, 1.82) is 0 Å². The van der Waals surface area contributed by atoms with E-state index in [4.69, 9.17) is 10.2 Å². The summed E-state index contributed by atoms with van der Waals surface area (Å²) in [5, 5.41) is 16.0. The Kier molecular flexibility index (Phi) is 2.29. The first-order chi connectivity index (χ1) is 2.81. The van der Waals surface area contributed by atoms with Gasteiger partial charge in [0.05, 0.1) is 0 Å². The third-order valence-electron chi connectivity index (χ3n) is 0.464. The zero-order valence-corrected chi connectivity index (χ0v) is 3.60. The molecule has 1 radical (unpaired) electrons. The normalized spacial score (nSPS) is 11.8. The maximum Gasteiger partial charge on any atom is 0.199 e. The quantitative estimate of drug-likeness (QED) is 0.471. The van der Waals surface area contributed by atoms with Gasteiger partial charge >= 0.3 is 0 Å². The Balaban J connectivity index is 3.22. The predicted octanol–water partition coefficient (Wildman–Crippen LogP) is 1.16. The molecule has 2 nitrogen and oxygen atoms in total. The maximum absolute atomic E-state index is 8.22. The van der Waals surface area contributed by atoms with Crippen LogP contribution in [0.5, 0.6) is 0 Å². The average Bonchev–Trinajstić information content (AvgIpc) is 1.65. The van der Waals surface area contributed by atoms with E-state index in [1.807, 2.05) is 0 Å². The fourth-order valence-corrected chi connectivity index (χ4v) is 0.0791. The molecule has 6 heavy (non-hydrogen) atoms. The van der Waals surface area contributed by atoms with E-state index < -0.39 is 0 Å². The molecule has 0 unspecified atom stereocenters. The molecule has 0 aromatic heterocycles. The first kappa shape index (κ1) is 5.34. The summed E-state index contributed by atoms with van der Waals surface area (Å²) in [5.74, 6) is -0.102. The highest BCUT2D eigenvalue weighted by Gasteiger charge is 1.80. The van der Waals surface area contributed by atoms with Crippen molar-refractivity contribution >= 4 is 0 Å². The Hall–Kier alpha value is -0.660. The molecular formula is C4H7O2. The highest BCUT2D eigenvalue weighted by Crippen LogP contribution is 1.87. The highest BCUT2D eigenvalue weighted by molar-refractivity contribution is 4.74. The molecule has 0 saturated carbocycles. The smallest absolute Gasteiger partial charge is 0.199 e. The van der Waals surface area contributed by atoms with Crippen molar-refractivity contribution in [1.82, 2.24) is 0 Å². The summed E-state index contributed by atoms with van der Waals surface area (Å²) in [6.45, 7) is 1.72. The molecule has 0 fully saturated rings. The van der Waals surface area contributed by atoms with E-state index >= 15 is 0 Å². The minimum Gasteiger partial charge on any atom is -0.508 e. The van der Waals surface area contributed by atoms with Gasteiger partial charge in [-0.1, -0.05) is 6.92 Å². The van der Waals surface area contributed by atoms with Crippen LogP contribution in [0.15, 0.2) is 5.76 Å². The summed E-state index contributed by atoms with van der Waals surface area (Å²) in [6, 6.07) is 0. The van der Waals surface area contributed by atoms with Crippen molar-refractivity contribution in [2.24, 2.45) is 0 Å². The monoisotopic (exact) mass is 87.0 g/mol. The lowest BCUT2D eigenvalue weighted by atomic mass is 10.4. The number of aliphatic hydroxyl groups excluding tert-OH is 2. The topological polar surface area (TPSA) is 40.5 Å². The fraction of sp³-hybridized carbons (Fsp3) is 0.500. The van der Waals surface area contributed by atoms with Gasteiger partial charge in [0, 0.05) is 6.42 Å². The third kappa shape index (κ3) is 1.64. The van der Waals surface area contributed by atoms with Crippen LogP contribution in [0, 0.1) is 6.26 Å². The van der Waals surface area contributed by atoms with Gasteiger partial charge in [-0.25, -0.2) is 0 Å². The fourth-order valence-electron chi connectivity index (χ4n) is 0.0791. The van der Waals surface area contributed by atoms with Gasteiger partial charge in [0.25, 0.3) is 0 Å². The molecule has 2 N–H and O–H groups in total. The number of allylic oxidation sites excluding steroid dienone is 1. The van der Waals surface area contributed by atoms with E-state index in [1.54, 1.807) is 13.2 Å². The van der Waals surface area contributed by atoms with Gasteiger partial charge in [-0.15, -0.1) is 0 Å². The molecule has 0 aliphatic carbocycles. The van der Waals surface area contributed by atoms with Crippen LogP contribution in [0.2, 0.25) is 0 Å². The number of rotatable bonds is 1. The van der Waals surface area contributed by atoms with Crippen LogP contribution in [0.4, 0.5) is 0 Å². The van der Waals surface area contributed by atoms with Gasteiger partial charge < -0.3 is 10.2 Å². The molecule has 35 valence electrons. The second-order valence-corrected chi connectivity index (χ2v) is 0.912. The summed E-state index contributed by atoms with van der Waals surface area (Å²) in [6.07, 6.45) is 2.03. The molecular weight excluding hydrogens is 80.0 g/mol. The van der Waals surface area contributed by atoms with E-state index in [1.165, 1.54) is 0 Å². The molecule has 2 heteroatoms. The van der Waals surface area contributed by atoms with E-state index in [-0.39, 0.29) is 5.76 Å². The summed E-state index contributed by atoms with van der Waals surface area (Å²) in [7, 11) is 0. The van der Waals surface area contributed by atoms with E-state index in [0.717, 1.165) is 0 Å². The number of hydrogen-bond acceptors (Lipinski definition) is 2. The Morgan fingerprint density at radius 2 is 2.33 bits per heavy atom. The van der Waals surface area contributed by atoms with Gasteiger partial charge in [0.15, 0.2) is 6.26 Å². The molecule has 0 aliphatic heterocycles. The zero-order chi connectivity index (χ0) is 4.99. The minimum absolute atomic E-state index is 0.102. The Bertz CT molecular complexity index is 56.6. The Morgan fingerprint density at radius 1 is 1.83 bits per heavy atom. The van der Waals surface area contributed by atoms with Crippen LogP contribution in [0.3, 0.4) is 0 Å². The molecule has 0 amide bonds. The van der Waals surface area contributed by atoms with Crippen LogP contribution in [0.25, 0.3) is 0 Å². The molecule has 0 bridgehead atoms. The summed E-state index contributed by atoms with van der Waals surface area (Å²) in [4.78, 5) is 0. The first-order valence-corrected chi connectivity index (χ1v) is 1.76. The first-order valence-electron chi connectivity index (χ1n) is 1.76. The highest BCUT2D eigenvalue weighted by atomic mass is 16.3. The summed E-state index contributed by atoms with van der Waals surface area (Å²) < 4.78 is 0. The lowest BCUT2D eigenvalue weighted by Gasteiger charge is -1.82. The van der Waals surface area contributed by atoms with Gasteiger partial charge in [-0.3, -0.25) is 0 Å². The van der Waals surface area contributed by atoms with Crippen molar-refractivity contribution in [2.45, 2.75) is 13.3 Å². The molecule has 0 aromatic rings. The van der Waals surface area contributed by atoms with Crippen LogP contribution in [-0.2, 0) is 0 Å². The number of aliphatic hydroxyl groups is 2. The van der Waals surface area contributed by atoms with Crippen LogP contribution in [-0.4, -0.2) is 10.2 Å². The molecule has 0 atom stereocenters. The van der Waals surface area contributed by atoms with Gasteiger partial charge in [-0.2, -0.15) is 0 Å². The van der Waals surface area contributed by atoms with Crippen molar-refractivity contribution in [2.75, 3.05) is 0 Å². The van der Waals surface area contributed by atoms with Crippen LogP contribution < -0.4 is 0 Å². The maximum atomic E-state index is 8.22. The predicted molar refractivity (Wildman–Crippen MR) is 22.3 cm³/mol. The van der Waals surface area contributed by atoms with Crippen molar-refractivity contribution in [3.05, 3.63) is 12.0 Å². The van der Waals surface area contributed by atoms with Gasteiger partial charge in [0.2, 0.25) is 0 Å². The lowest BCUT2D eigenvalue weighted by molar-refractivity contribution is 0.331. The van der Waals surface area contributed by atoms with Crippen molar-refractivity contribution in [3.8, 4) is 0 Å². The third-order valence-corrected chi connectivity index (χ3v) is 0.464. The van der Waals surface area contributed by atoms with E-state index in [9.17, 15) is 0 Å². The molecule has 0 aromatic carbocycles. The second-order valence-electron chi connectivity index (χ2n) is 0.912. The van der Waals surface area contributed by atoms with Crippen molar-refractivity contribution < 1.29 is 10.2 Å². The lowest BCUT2D eigenvalue weighted by Crippen LogP contribution is -1.73. The molecule has 0 aliphatic rings. The van der Waals surface area contributed by atoms with Gasteiger partial charge in [-0.05, 0) is 0 Å². The standard InChI is InChI=1S/C4H7O2/c1-2-4(6)3-5/h5-6H,2H2,1H3. The summed E-state index contributed by atoms with van der Waals surface area (Å²) in [5.41, 5.74) is 0. The SMILES string of the molecule is CC/C(O)=[C]\O. The Labute approximate surface area is 36.7 Å². The average molecular weight is 87.1 g/mol. The minimum atomic E-state index is -0.102. The van der Waals surface area contributed by atoms with E-state index in [2.05, 4.69) is 0 Å².